The maximum absolute atomic E-state index is 11.6. The third kappa shape index (κ3) is 4.24. The molecule has 0 bridgehead atoms. The lowest BCUT2D eigenvalue weighted by atomic mass is 10.2. The molecule has 0 saturated heterocycles. The fourth-order valence-corrected chi connectivity index (χ4v) is 2.43. The van der Waals surface area contributed by atoms with Crippen molar-refractivity contribution in [2.75, 3.05) is 12.3 Å². The molecular weight excluding hydrogens is 256 g/mol. The predicted molar refractivity (Wildman–Crippen MR) is 80.4 cm³/mol. The highest BCUT2D eigenvalue weighted by atomic mass is 32.2. The molecule has 1 aromatic carbocycles. The molecule has 0 atom stereocenters. The molecule has 0 aliphatic heterocycles. The molecule has 0 aliphatic rings. The maximum Gasteiger partial charge on any atom is 0.230 e. The summed E-state index contributed by atoms with van der Waals surface area (Å²) in [7, 11) is 0. The number of carbonyl (C=O) groups excluding carboxylic acids is 1. The molecule has 4 heteroatoms. The minimum atomic E-state index is 0.0772. The van der Waals surface area contributed by atoms with E-state index in [0.717, 1.165) is 35.3 Å². The van der Waals surface area contributed by atoms with E-state index in [1.807, 2.05) is 36.4 Å². The number of amides is 1. The summed E-state index contributed by atoms with van der Waals surface area (Å²) in [5.74, 6) is 0.503. The Kier molecular flexibility index (Phi) is 5.21. The van der Waals surface area contributed by atoms with E-state index in [0.29, 0.717) is 5.75 Å². The molecule has 1 aromatic heterocycles. The number of rotatable bonds is 6. The smallest absolute Gasteiger partial charge is 0.230 e. The molecule has 3 nitrogen and oxygen atoms in total. The molecule has 0 unspecified atom stereocenters. The summed E-state index contributed by atoms with van der Waals surface area (Å²) in [5, 5.41) is 4.92. The van der Waals surface area contributed by atoms with Crippen LogP contribution in [0.2, 0.25) is 0 Å². The van der Waals surface area contributed by atoms with Crippen LogP contribution in [0.4, 0.5) is 0 Å². The number of fused-ring (bicyclic) bond motifs is 1. The van der Waals surface area contributed by atoms with E-state index in [2.05, 4.69) is 17.2 Å². The lowest BCUT2D eigenvalue weighted by molar-refractivity contribution is -0.118. The molecule has 0 fully saturated rings. The third-order valence-electron chi connectivity index (χ3n) is 2.78. The van der Waals surface area contributed by atoms with E-state index >= 15 is 0 Å². The normalized spacial score (nSPS) is 10.6. The molecule has 1 amide bonds. The van der Waals surface area contributed by atoms with Crippen LogP contribution in [0.5, 0.6) is 0 Å². The summed E-state index contributed by atoms with van der Waals surface area (Å²) in [6, 6.07) is 12.0. The average molecular weight is 274 g/mol. The number of thioether (sulfide) groups is 1. The fraction of sp³-hybridized carbons (Fsp3) is 0.333. The summed E-state index contributed by atoms with van der Waals surface area (Å²) in [6.45, 7) is 2.88. The molecule has 0 spiro atoms. The van der Waals surface area contributed by atoms with Gasteiger partial charge >= 0.3 is 0 Å². The molecule has 2 aromatic rings. The predicted octanol–water partition coefficient (Wildman–Crippen LogP) is 3.24. The zero-order chi connectivity index (χ0) is 13.5. The SMILES string of the molecule is CCCCNC(=O)CSc1ccc2ccccc2n1. The quantitative estimate of drug-likeness (QED) is 0.649. The van der Waals surface area contributed by atoms with Gasteiger partial charge in [-0.05, 0) is 18.6 Å². The first-order valence-electron chi connectivity index (χ1n) is 6.55. The lowest BCUT2D eigenvalue weighted by Crippen LogP contribution is -2.26. The first-order chi connectivity index (χ1) is 9.29. The van der Waals surface area contributed by atoms with Crippen molar-refractivity contribution in [1.82, 2.24) is 10.3 Å². The van der Waals surface area contributed by atoms with Gasteiger partial charge in [-0.15, -0.1) is 0 Å². The van der Waals surface area contributed by atoms with Crippen LogP contribution in [0.25, 0.3) is 10.9 Å². The Morgan fingerprint density at radius 1 is 1.26 bits per heavy atom. The summed E-state index contributed by atoms with van der Waals surface area (Å²) >= 11 is 1.48. The Balaban J connectivity index is 1.89. The van der Waals surface area contributed by atoms with Crippen LogP contribution in [0.3, 0.4) is 0 Å². The first kappa shape index (κ1) is 13.9. The number of aromatic nitrogens is 1. The number of nitrogens with zero attached hydrogens (tertiary/aromatic N) is 1. The molecule has 0 saturated carbocycles. The summed E-state index contributed by atoms with van der Waals surface area (Å²) < 4.78 is 0. The van der Waals surface area contributed by atoms with Gasteiger partial charge in [0.05, 0.1) is 16.3 Å². The van der Waals surface area contributed by atoms with Gasteiger partial charge in [0.15, 0.2) is 0 Å². The highest BCUT2D eigenvalue weighted by Gasteiger charge is 2.03. The van der Waals surface area contributed by atoms with Crippen LogP contribution in [0, 0.1) is 0 Å². The number of unbranched alkanes of at least 4 members (excludes halogenated alkanes) is 1. The van der Waals surface area contributed by atoms with Crippen molar-refractivity contribution in [3.8, 4) is 0 Å². The molecular formula is C15H18N2OS. The second-order valence-corrected chi connectivity index (χ2v) is 5.33. The Morgan fingerprint density at radius 2 is 2.11 bits per heavy atom. The van der Waals surface area contributed by atoms with E-state index in [4.69, 9.17) is 0 Å². The van der Waals surface area contributed by atoms with Gasteiger partial charge in [-0.3, -0.25) is 4.79 Å². The van der Waals surface area contributed by atoms with Crippen molar-refractivity contribution in [2.45, 2.75) is 24.8 Å². The fourth-order valence-electron chi connectivity index (χ4n) is 1.72. The van der Waals surface area contributed by atoms with E-state index in [1.54, 1.807) is 0 Å². The Labute approximate surface area is 117 Å². The molecule has 1 heterocycles. The standard InChI is InChI=1S/C15H18N2OS/c1-2-3-10-16-14(18)11-19-15-9-8-12-6-4-5-7-13(12)17-15/h4-9H,2-3,10-11H2,1H3,(H,16,18). The lowest BCUT2D eigenvalue weighted by Gasteiger charge is -2.04. The molecule has 19 heavy (non-hydrogen) atoms. The molecule has 1 N–H and O–H groups in total. The molecule has 2 rings (SSSR count). The molecule has 0 aliphatic carbocycles. The van der Waals surface area contributed by atoms with Gasteiger partial charge in [-0.25, -0.2) is 4.98 Å². The number of pyridine rings is 1. The highest BCUT2D eigenvalue weighted by Crippen LogP contribution is 2.19. The van der Waals surface area contributed by atoms with E-state index in [9.17, 15) is 4.79 Å². The minimum absolute atomic E-state index is 0.0772. The Morgan fingerprint density at radius 3 is 2.95 bits per heavy atom. The maximum atomic E-state index is 11.6. The van der Waals surface area contributed by atoms with Gasteiger partial charge in [0, 0.05) is 11.9 Å². The number of carbonyl (C=O) groups is 1. The third-order valence-corrected chi connectivity index (χ3v) is 3.71. The zero-order valence-corrected chi connectivity index (χ0v) is 11.9. The van der Waals surface area contributed by atoms with Crippen molar-refractivity contribution in [3.05, 3.63) is 36.4 Å². The van der Waals surface area contributed by atoms with Gasteiger partial charge in [0.1, 0.15) is 0 Å². The average Bonchev–Trinajstić information content (AvgIpc) is 2.45. The minimum Gasteiger partial charge on any atom is -0.355 e. The van der Waals surface area contributed by atoms with Crippen LogP contribution >= 0.6 is 11.8 Å². The highest BCUT2D eigenvalue weighted by molar-refractivity contribution is 7.99. The Bertz CT molecular complexity index is 557. The van der Waals surface area contributed by atoms with Gasteiger partial charge in [0.25, 0.3) is 0 Å². The summed E-state index contributed by atoms with van der Waals surface area (Å²) in [5.41, 5.74) is 0.971. The van der Waals surface area contributed by atoms with Crippen molar-refractivity contribution >= 4 is 28.6 Å². The number of para-hydroxylation sites is 1. The van der Waals surface area contributed by atoms with Gasteiger partial charge < -0.3 is 5.32 Å². The van der Waals surface area contributed by atoms with Crippen LogP contribution in [0.15, 0.2) is 41.4 Å². The van der Waals surface area contributed by atoms with E-state index < -0.39 is 0 Å². The number of hydrogen-bond acceptors (Lipinski definition) is 3. The van der Waals surface area contributed by atoms with Crippen molar-refractivity contribution in [2.24, 2.45) is 0 Å². The number of hydrogen-bond donors (Lipinski definition) is 1. The Hall–Kier alpha value is -1.55. The van der Waals surface area contributed by atoms with E-state index in [1.165, 1.54) is 11.8 Å². The van der Waals surface area contributed by atoms with E-state index in [-0.39, 0.29) is 5.91 Å². The number of nitrogens with one attached hydrogen (secondary N) is 1. The van der Waals surface area contributed by atoms with Crippen molar-refractivity contribution < 1.29 is 4.79 Å². The summed E-state index contributed by atoms with van der Waals surface area (Å²) in [4.78, 5) is 16.1. The number of benzene rings is 1. The van der Waals surface area contributed by atoms with Crippen LogP contribution in [-0.2, 0) is 4.79 Å². The van der Waals surface area contributed by atoms with Crippen LogP contribution < -0.4 is 5.32 Å². The van der Waals surface area contributed by atoms with Crippen molar-refractivity contribution in [3.63, 3.8) is 0 Å². The van der Waals surface area contributed by atoms with Gasteiger partial charge in [-0.2, -0.15) is 0 Å². The largest absolute Gasteiger partial charge is 0.355 e. The monoisotopic (exact) mass is 274 g/mol. The molecule has 0 radical (unpaired) electrons. The topological polar surface area (TPSA) is 42.0 Å². The first-order valence-corrected chi connectivity index (χ1v) is 7.53. The second-order valence-electron chi connectivity index (χ2n) is 4.33. The van der Waals surface area contributed by atoms with Gasteiger partial charge in [0.2, 0.25) is 5.91 Å². The molecule has 100 valence electrons. The zero-order valence-electron chi connectivity index (χ0n) is 11.1. The van der Waals surface area contributed by atoms with Crippen LogP contribution in [-0.4, -0.2) is 23.2 Å². The van der Waals surface area contributed by atoms with Crippen LogP contribution in [0.1, 0.15) is 19.8 Å². The summed E-state index contributed by atoms with van der Waals surface area (Å²) in [6.07, 6.45) is 2.13. The van der Waals surface area contributed by atoms with Crippen molar-refractivity contribution in [1.29, 1.82) is 0 Å². The second kappa shape index (κ2) is 7.14. The van der Waals surface area contributed by atoms with Gasteiger partial charge in [-0.1, -0.05) is 49.4 Å².